The summed E-state index contributed by atoms with van der Waals surface area (Å²) in [6, 6.07) is 1.85. The summed E-state index contributed by atoms with van der Waals surface area (Å²) < 4.78 is 4.80. The average molecular weight is 255 g/mol. The topological polar surface area (TPSA) is 46.6 Å². The van der Waals surface area contributed by atoms with Crippen LogP contribution in [0.15, 0.2) is 6.07 Å². The Morgan fingerprint density at radius 3 is 2.53 bits per heavy atom. The highest BCUT2D eigenvalue weighted by Crippen LogP contribution is 2.21. The van der Waals surface area contributed by atoms with E-state index in [-0.39, 0.29) is 18.4 Å². The molecule has 0 fully saturated rings. The third-order valence-corrected chi connectivity index (χ3v) is 3.54. The molecule has 17 heavy (non-hydrogen) atoms. The molecular formula is C12H17NO3S. The Morgan fingerprint density at radius 2 is 2.06 bits per heavy atom. The molecule has 1 amide bonds. The summed E-state index contributed by atoms with van der Waals surface area (Å²) >= 11 is 1.45. The zero-order valence-electron chi connectivity index (χ0n) is 10.6. The fourth-order valence-electron chi connectivity index (χ4n) is 1.34. The van der Waals surface area contributed by atoms with E-state index in [2.05, 4.69) is 0 Å². The van der Waals surface area contributed by atoms with Gasteiger partial charge in [-0.1, -0.05) is 0 Å². The number of ether oxygens (including phenoxy) is 1. The lowest BCUT2D eigenvalue weighted by atomic mass is 10.3. The van der Waals surface area contributed by atoms with Crippen molar-refractivity contribution in [3.8, 4) is 0 Å². The normalized spacial score (nSPS) is 10.1. The van der Waals surface area contributed by atoms with Crippen LogP contribution in [0.3, 0.4) is 0 Å². The van der Waals surface area contributed by atoms with Crippen LogP contribution in [0.25, 0.3) is 0 Å². The van der Waals surface area contributed by atoms with E-state index < -0.39 is 0 Å². The summed E-state index contributed by atoms with van der Waals surface area (Å²) in [6.45, 7) is 6.00. The van der Waals surface area contributed by atoms with Crippen molar-refractivity contribution < 1.29 is 14.3 Å². The molecule has 4 nitrogen and oxygen atoms in total. The van der Waals surface area contributed by atoms with Gasteiger partial charge in [-0.25, -0.2) is 0 Å². The molecule has 0 saturated heterocycles. The molecule has 1 rings (SSSR count). The zero-order valence-corrected chi connectivity index (χ0v) is 11.4. The average Bonchev–Trinajstić information content (AvgIpc) is 2.58. The van der Waals surface area contributed by atoms with Gasteiger partial charge < -0.3 is 9.64 Å². The molecule has 0 aliphatic carbocycles. The minimum absolute atomic E-state index is 0.0112. The van der Waals surface area contributed by atoms with Gasteiger partial charge in [0.15, 0.2) is 0 Å². The van der Waals surface area contributed by atoms with Crippen LogP contribution in [0.2, 0.25) is 0 Å². The third kappa shape index (κ3) is 3.56. The molecule has 94 valence electrons. The summed E-state index contributed by atoms with van der Waals surface area (Å²) in [6.07, 6.45) is 0. The van der Waals surface area contributed by atoms with Gasteiger partial charge in [-0.15, -0.1) is 11.3 Å². The van der Waals surface area contributed by atoms with Gasteiger partial charge in [0.25, 0.3) is 5.91 Å². The molecule has 0 aliphatic rings. The lowest BCUT2D eigenvalue weighted by molar-refractivity contribution is -0.143. The SMILES string of the molecule is CCOC(=O)CN(C)C(=O)c1cc(C)c(C)s1. The molecule has 1 heterocycles. The van der Waals surface area contributed by atoms with Crippen LogP contribution in [-0.4, -0.2) is 37.0 Å². The quantitative estimate of drug-likeness (QED) is 0.773. The predicted octanol–water partition coefficient (Wildman–Crippen LogP) is 2.00. The van der Waals surface area contributed by atoms with Gasteiger partial charge in [-0.3, -0.25) is 9.59 Å². The summed E-state index contributed by atoms with van der Waals surface area (Å²) in [5, 5.41) is 0. The molecule has 0 radical (unpaired) electrons. The summed E-state index contributed by atoms with van der Waals surface area (Å²) in [7, 11) is 1.60. The fraction of sp³-hybridized carbons (Fsp3) is 0.500. The van der Waals surface area contributed by atoms with Gasteiger partial charge in [-0.2, -0.15) is 0 Å². The first-order valence-electron chi connectivity index (χ1n) is 5.43. The second-order valence-electron chi connectivity index (χ2n) is 3.82. The number of carbonyl (C=O) groups is 2. The second kappa shape index (κ2) is 5.82. The summed E-state index contributed by atoms with van der Waals surface area (Å²) in [5.41, 5.74) is 1.10. The smallest absolute Gasteiger partial charge is 0.325 e. The number of hydrogen-bond donors (Lipinski definition) is 0. The Hall–Kier alpha value is -1.36. The molecule has 0 N–H and O–H groups in total. The number of nitrogens with zero attached hydrogens (tertiary/aromatic N) is 1. The summed E-state index contributed by atoms with van der Waals surface area (Å²) in [5.74, 6) is -0.521. The van der Waals surface area contributed by atoms with E-state index in [0.717, 1.165) is 10.4 Å². The van der Waals surface area contributed by atoms with E-state index in [9.17, 15) is 9.59 Å². The van der Waals surface area contributed by atoms with Crippen molar-refractivity contribution in [3.05, 3.63) is 21.4 Å². The molecule has 5 heteroatoms. The highest BCUT2D eigenvalue weighted by molar-refractivity contribution is 7.14. The molecule has 0 saturated carbocycles. The molecule has 0 aliphatic heterocycles. The van der Waals surface area contributed by atoms with Crippen molar-refractivity contribution >= 4 is 23.2 Å². The van der Waals surface area contributed by atoms with E-state index in [4.69, 9.17) is 4.74 Å². The number of rotatable bonds is 4. The minimum atomic E-state index is -0.381. The number of likely N-dealkylation sites (N-methyl/N-ethyl adjacent to an activating group) is 1. The molecular weight excluding hydrogens is 238 g/mol. The Bertz CT molecular complexity index is 406. The summed E-state index contributed by atoms with van der Waals surface area (Å²) in [4.78, 5) is 26.4. The lowest BCUT2D eigenvalue weighted by Gasteiger charge is -2.14. The van der Waals surface area contributed by atoms with Crippen molar-refractivity contribution in [3.63, 3.8) is 0 Å². The zero-order chi connectivity index (χ0) is 13.0. The Kier molecular flexibility index (Phi) is 4.69. The van der Waals surface area contributed by atoms with Crippen molar-refractivity contribution in [2.45, 2.75) is 20.8 Å². The molecule has 0 unspecified atom stereocenters. The standard InChI is InChI=1S/C12H17NO3S/c1-5-16-11(14)7-13(4)12(15)10-6-8(2)9(3)17-10/h6H,5,7H2,1-4H3. The third-order valence-electron chi connectivity index (χ3n) is 2.40. The molecule has 0 aromatic carbocycles. The number of amides is 1. The molecule has 0 atom stereocenters. The first kappa shape index (κ1) is 13.7. The largest absolute Gasteiger partial charge is 0.465 e. The Balaban J connectivity index is 2.66. The number of thiophene rings is 1. The molecule has 1 aromatic rings. The van der Waals surface area contributed by atoms with Crippen molar-refractivity contribution in [1.29, 1.82) is 0 Å². The van der Waals surface area contributed by atoms with Crippen LogP contribution in [0.1, 0.15) is 27.0 Å². The van der Waals surface area contributed by atoms with E-state index in [1.807, 2.05) is 19.9 Å². The van der Waals surface area contributed by atoms with E-state index in [1.165, 1.54) is 16.2 Å². The fourth-order valence-corrected chi connectivity index (χ4v) is 2.37. The van der Waals surface area contributed by atoms with Crippen LogP contribution >= 0.6 is 11.3 Å². The van der Waals surface area contributed by atoms with Gasteiger partial charge >= 0.3 is 5.97 Å². The predicted molar refractivity (Wildman–Crippen MR) is 67.4 cm³/mol. The maximum absolute atomic E-state index is 12.0. The maximum atomic E-state index is 12.0. The van der Waals surface area contributed by atoms with Crippen LogP contribution in [0.5, 0.6) is 0 Å². The van der Waals surface area contributed by atoms with E-state index >= 15 is 0 Å². The van der Waals surface area contributed by atoms with Crippen LogP contribution < -0.4 is 0 Å². The molecule has 0 bridgehead atoms. The van der Waals surface area contributed by atoms with Crippen molar-refractivity contribution in [1.82, 2.24) is 4.90 Å². The van der Waals surface area contributed by atoms with Gasteiger partial charge in [-0.05, 0) is 32.4 Å². The highest BCUT2D eigenvalue weighted by Gasteiger charge is 2.17. The van der Waals surface area contributed by atoms with Crippen LogP contribution in [-0.2, 0) is 9.53 Å². The second-order valence-corrected chi connectivity index (χ2v) is 5.07. The number of carbonyl (C=O) groups excluding carboxylic acids is 2. The Morgan fingerprint density at radius 1 is 1.41 bits per heavy atom. The molecule has 1 aromatic heterocycles. The van der Waals surface area contributed by atoms with Gasteiger partial charge in [0.1, 0.15) is 6.54 Å². The minimum Gasteiger partial charge on any atom is -0.465 e. The van der Waals surface area contributed by atoms with Crippen molar-refractivity contribution in [2.75, 3.05) is 20.2 Å². The first-order chi connectivity index (χ1) is 7.95. The number of esters is 1. The number of aryl methyl sites for hydroxylation is 2. The highest BCUT2D eigenvalue weighted by atomic mass is 32.1. The van der Waals surface area contributed by atoms with Gasteiger partial charge in [0, 0.05) is 11.9 Å². The first-order valence-corrected chi connectivity index (χ1v) is 6.25. The maximum Gasteiger partial charge on any atom is 0.325 e. The van der Waals surface area contributed by atoms with Crippen molar-refractivity contribution in [2.24, 2.45) is 0 Å². The van der Waals surface area contributed by atoms with Gasteiger partial charge in [0.05, 0.1) is 11.5 Å². The molecule has 0 spiro atoms. The van der Waals surface area contributed by atoms with E-state index in [1.54, 1.807) is 14.0 Å². The monoisotopic (exact) mass is 255 g/mol. The van der Waals surface area contributed by atoms with E-state index in [0.29, 0.717) is 11.5 Å². The number of hydrogen-bond acceptors (Lipinski definition) is 4. The Labute approximate surface area is 105 Å². The lowest BCUT2D eigenvalue weighted by Crippen LogP contribution is -2.32. The van der Waals surface area contributed by atoms with Crippen LogP contribution in [0.4, 0.5) is 0 Å². The van der Waals surface area contributed by atoms with Gasteiger partial charge in [0.2, 0.25) is 0 Å². The van der Waals surface area contributed by atoms with Crippen LogP contribution in [0, 0.1) is 13.8 Å².